The lowest BCUT2D eigenvalue weighted by Gasteiger charge is -2.10. The largest absolute Gasteiger partial charge is 0.492 e. The van der Waals surface area contributed by atoms with Crippen molar-refractivity contribution in [1.29, 1.82) is 0 Å². The molecule has 0 unspecified atom stereocenters. The molecule has 4 N–H and O–H groups in total. The molecule has 0 aliphatic carbocycles. The third-order valence-corrected chi connectivity index (χ3v) is 3.51. The van der Waals surface area contributed by atoms with Crippen LogP contribution >= 0.6 is 15.9 Å². The molecule has 2 aromatic carbocycles. The van der Waals surface area contributed by atoms with Gasteiger partial charge in [0, 0.05) is 22.3 Å². The standard InChI is InChI=1S/C15H16BrN3O2/c16-13-3-1-2-4-14(13)18-9-10-21-12-7-5-11(6-8-12)15(17)19-20/h1-8,18,20H,9-10H2,(H2,17,19). The van der Waals surface area contributed by atoms with Crippen molar-refractivity contribution < 1.29 is 9.94 Å². The normalized spacial score (nSPS) is 11.2. The minimum absolute atomic E-state index is 0.0807. The van der Waals surface area contributed by atoms with E-state index < -0.39 is 0 Å². The van der Waals surface area contributed by atoms with Crippen molar-refractivity contribution in [2.45, 2.75) is 0 Å². The number of ether oxygens (including phenoxy) is 1. The molecule has 0 amide bonds. The summed E-state index contributed by atoms with van der Waals surface area (Å²) >= 11 is 3.47. The highest BCUT2D eigenvalue weighted by Crippen LogP contribution is 2.20. The maximum Gasteiger partial charge on any atom is 0.170 e. The molecular weight excluding hydrogens is 334 g/mol. The lowest BCUT2D eigenvalue weighted by molar-refractivity contribution is 0.318. The number of amidine groups is 1. The Balaban J connectivity index is 1.80. The highest BCUT2D eigenvalue weighted by molar-refractivity contribution is 9.10. The molecule has 0 radical (unpaired) electrons. The second kappa shape index (κ2) is 7.54. The molecule has 0 saturated heterocycles. The van der Waals surface area contributed by atoms with E-state index >= 15 is 0 Å². The zero-order valence-electron chi connectivity index (χ0n) is 11.3. The van der Waals surface area contributed by atoms with Gasteiger partial charge >= 0.3 is 0 Å². The minimum atomic E-state index is 0.0807. The van der Waals surface area contributed by atoms with Crippen LogP contribution in [0.1, 0.15) is 5.56 Å². The van der Waals surface area contributed by atoms with Crippen LogP contribution in [0.3, 0.4) is 0 Å². The quantitative estimate of drug-likeness (QED) is 0.246. The number of nitrogens with two attached hydrogens (primary N) is 1. The number of rotatable bonds is 6. The molecule has 5 nitrogen and oxygen atoms in total. The smallest absolute Gasteiger partial charge is 0.170 e. The van der Waals surface area contributed by atoms with Gasteiger partial charge in [0.05, 0.1) is 0 Å². The number of benzene rings is 2. The highest BCUT2D eigenvalue weighted by Gasteiger charge is 2.00. The summed E-state index contributed by atoms with van der Waals surface area (Å²) in [7, 11) is 0. The van der Waals surface area contributed by atoms with Crippen LogP contribution in [0.15, 0.2) is 58.2 Å². The molecule has 0 aliphatic heterocycles. The van der Waals surface area contributed by atoms with E-state index in [2.05, 4.69) is 26.4 Å². The second-order valence-corrected chi connectivity index (χ2v) is 5.12. The number of nitrogens with one attached hydrogen (secondary N) is 1. The molecule has 110 valence electrons. The third-order valence-electron chi connectivity index (χ3n) is 2.82. The van der Waals surface area contributed by atoms with Crippen molar-refractivity contribution in [2.75, 3.05) is 18.5 Å². The summed E-state index contributed by atoms with van der Waals surface area (Å²) in [5.74, 6) is 0.815. The zero-order chi connectivity index (χ0) is 15.1. The maximum absolute atomic E-state index is 8.58. The van der Waals surface area contributed by atoms with Crippen molar-refractivity contribution in [1.82, 2.24) is 0 Å². The van der Waals surface area contributed by atoms with E-state index in [0.29, 0.717) is 18.7 Å². The van der Waals surface area contributed by atoms with Gasteiger partial charge in [-0.25, -0.2) is 0 Å². The van der Waals surface area contributed by atoms with Crippen LogP contribution in [0, 0.1) is 0 Å². The van der Waals surface area contributed by atoms with Crippen LogP contribution in [-0.4, -0.2) is 24.2 Å². The van der Waals surface area contributed by atoms with E-state index in [9.17, 15) is 0 Å². The van der Waals surface area contributed by atoms with Crippen molar-refractivity contribution in [3.05, 3.63) is 58.6 Å². The van der Waals surface area contributed by atoms with Gasteiger partial charge in [-0.3, -0.25) is 0 Å². The molecule has 0 aliphatic rings. The van der Waals surface area contributed by atoms with E-state index in [-0.39, 0.29) is 5.84 Å². The van der Waals surface area contributed by atoms with Crippen LogP contribution in [0.5, 0.6) is 5.75 Å². The molecule has 21 heavy (non-hydrogen) atoms. The number of anilines is 1. The van der Waals surface area contributed by atoms with E-state index in [0.717, 1.165) is 15.9 Å². The Morgan fingerprint density at radius 2 is 1.90 bits per heavy atom. The number of nitrogens with zero attached hydrogens (tertiary/aromatic N) is 1. The first kappa shape index (κ1) is 15.2. The molecular formula is C15H16BrN3O2. The Morgan fingerprint density at radius 1 is 1.19 bits per heavy atom. The van der Waals surface area contributed by atoms with Crippen LogP contribution < -0.4 is 15.8 Å². The Labute approximate surface area is 131 Å². The lowest BCUT2D eigenvalue weighted by Crippen LogP contribution is -2.13. The van der Waals surface area contributed by atoms with Gasteiger partial charge in [-0.2, -0.15) is 0 Å². The number of hydrogen-bond donors (Lipinski definition) is 3. The monoisotopic (exact) mass is 349 g/mol. The number of halogens is 1. The Bertz CT molecular complexity index is 615. The average Bonchev–Trinajstić information content (AvgIpc) is 2.53. The first-order valence-electron chi connectivity index (χ1n) is 6.40. The predicted molar refractivity (Wildman–Crippen MR) is 87.1 cm³/mol. The van der Waals surface area contributed by atoms with E-state index in [1.807, 2.05) is 24.3 Å². The van der Waals surface area contributed by atoms with Gasteiger partial charge < -0.3 is 21.0 Å². The van der Waals surface area contributed by atoms with Gasteiger partial charge in [-0.05, 0) is 52.3 Å². The summed E-state index contributed by atoms with van der Waals surface area (Å²) in [4.78, 5) is 0. The van der Waals surface area contributed by atoms with Crippen molar-refractivity contribution in [2.24, 2.45) is 10.9 Å². The number of para-hydroxylation sites is 1. The summed E-state index contributed by atoms with van der Waals surface area (Å²) in [5, 5.41) is 14.8. The average molecular weight is 350 g/mol. The maximum atomic E-state index is 8.58. The summed E-state index contributed by atoms with van der Waals surface area (Å²) < 4.78 is 6.64. The topological polar surface area (TPSA) is 79.9 Å². The zero-order valence-corrected chi connectivity index (χ0v) is 12.9. The van der Waals surface area contributed by atoms with Gasteiger partial charge in [0.1, 0.15) is 12.4 Å². The van der Waals surface area contributed by atoms with Crippen molar-refractivity contribution >= 4 is 27.5 Å². The van der Waals surface area contributed by atoms with Crippen LogP contribution in [-0.2, 0) is 0 Å². The number of oxime groups is 1. The SMILES string of the molecule is NC(=NO)c1ccc(OCCNc2ccccc2Br)cc1. The van der Waals surface area contributed by atoms with Crippen LogP contribution in [0.4, 0.5) is 5.69 Å². The van der Waals surface area contributed by atoms with Gasteiger partial charge in [0.25, 0.3) is 0 Å². The molecule has 0 aromatic heterocycles. The van der Waals surface area contributed by atoms with Gasteiger partial charge in [0.2, 0.25) is 0 Å². The van der Waals surface area contributed by atoms with Crippen LogP contribution in [0.25, 0.3) is 0 Å². The Morgan fingerprint density at radius 3 is 2.57 bits per heavy atom. The second-order valence-electron chi connectivity index (χ2n) is 4.26. The molecule has 6 heteroatoms. The van der Waals surface area contributed by atoms with Gasteiger partial charge in [0.15, 0.2) is 5.84 Å². The molecule has 2 rings (SSSR count). The molecule has 0 atom stereocenters. The third kappa shape index (κ3) is 4.39. The molecule has 0 bridgehead atoms. The van der Waals surface area contributed by atoms with Crippen molar-refractivity contribution in [3.63, 3.8) is 0 Å². The van der Waals surface area contributed by atoms with Gasteiger partial charge in [-0.1, -0.05) is 17.3 Å². The number of hydrogen-bond acceptors (Lipinski definition) is 4. The Hall–Kier alpha value is -2.21. The lowest BCUT2D eigenvalue weighted by atomic mass is 10.2. The van der Waals surface area contributed by atoms with Crippen molar-refractivity contribution in [3.8, 4) is 5.75 Å². The Kier molecular flexibility index (Phi) is 5.45. The molecule has 0 spiro atoms. The first-order chi connectivity index (χ1) is 10.2. The first-order valence-corrected chi connectivity index (χ1v) is 7.19. The summed E-state index contributed by atoms with van der Waals surface area (Å²) in [5.41, 5.74) is 7.17. The van der Waals surface area contributed by atoms with E-state index in [1.54, 1.807) is 24.3 Å². The van der Waals surface area contributed by atoms with Gasteiger partial charge in [-0.15, -0.1) is 0 Å². The van der Waals surface area contributed by atoms with E-state index in [4.69, 9.17) is 15.7 Å². The summed E-state index contributed by atoms with van der Waals surface area (Å²) in [6.45, 7) is 1.22. The van der Waals surface area contributed by atoms with E-state index in [1.165, 1.54) is 0 Å². The highest BCUT2D eigenvalue weighted by atomic mass is 79.9. The predicted octanol–water partition coefficient (Wildman–Crippen LogP) is 3.03. The molecule has 0 heterocycles. The fourth-order valence-corrected chi connectivity index (χ4v) is 2.16. The minimum Gasteiger partial charge on any atom is -0.492 e. The molecule has 2 aromatic rings. The summed E-state index contributed by atoms with van der Waals surface area (Å²) in [6.07, 6.45) is 0. The molecule has 0 fully saturated rings. The fourth-order valence-electron chi connectivity index (χ4n) is 1.74. The molecule has 0 saturated carbocycles. The summed E-state index contributed by atoms with van der Waals surface area (Å²) in [6, 6.07) is 15.0. The van der Waals surface area contributed by atoms with Crippen LogP contribution in [0.2, 0.25) is 0 Å². The fraction of sp³-hybridized carbons (Fsp3) is 0.133.